The fraction of sp³-hybridized carbons (Fsp3) is 0.417. The Labute approximate surface area is 189 Å². The van der Waals surface area contributed by atoms with Crippen LogP contribution < -0.4 is 5.32 Å². The van der Waals surface area contributed by atoms with Gasteiger partial charge in [-0.1, -0.05) is 55.8 Å². The van der Waals surface area contributed by atoms with E-state index in [4.69, 9.17) is 11.6 Å². The van der Waals surface area contributed by atoms with Gasteiger partial charge in [-0.15, -0.1) is 11.8 Å². The molecule has 0 bridgehead atoms. The van der Waals surface area contributed by atoms with Crippen molar-refractivity contribution in [1.82, 2.24) is 10.2 Å². The third kappa shape index (κ3) is 8.41. The van der Waals surface area contributed by atoms with Crippen LogP contribution >= 0.6 is 23.4 Å². The molecule has 0 aliphatic carbocycles. The van der Waals surface area contributed by atoms with Crippen molar-refractivity contribution in [3.8, 4) is 0 Å². The predicted octanol–water partition coefficient (Wildman–Crippen LogP) is 5.40. The molecule has 1 atom stereocenters. The number of hydrogen-bond acceptors (Lipinski definition) is 3. The first-order chi connectivity index (χ1) is 14.4. The van der Waals surface area contributed by atoms with Crippen molar-refractivity contribution in [3.63, 3.8) is 0 Å². The lowest BCUT2D eigenvalue weighted by Crippen LogP contribution is -2.48. The normalized spacial score (nSPS) is 11.9. The minimum atomic E-state index is -0.514. The number of carbonyl (C=O) groups excluding carboxylic acids is 2. The summed E-state index contributed by atoms with van der Waals surface area (Å²) < 4.78 is 0. The van der Waals surface area contributed by atoms with Gasteiger partial charge < -0.3 is 10.2 Å². The number of amides is 2. The first kappa shape index (κ1) is 24.3. The Morgan fingerprint density at radius 3 is 2.33 bits per heavy atom. The van der Waals surface area contributed by atoms with Gasteiger partial charge >= 0.3 is 0 Å². The first-order valence-corrected chi connectivity index (χ1v) is 11.7. The van der Waals surface area contributed by atoms with Crippen molar-refractivity contribution in [1.29, 1.82) is 0 Å². The number of hydrogen-bond donors (Lipinski definition) is 1. The van der Waals surface area contributed by atoms with Crippen molar-refractivity contribution in [2.45, 2.75) is 51.1 Å². The highest BCUT2D eigenvalue weighted by molar-refractivity contribution is 7.99. The highest BCUT2D eigenvalue weighted by Crippen LogP contribution is 2.22. The highest BCUT2D eigenvalue weighted by atomic mass is 35.5. The van der Waals surface area contributed by atoms with Crippen molar-refractivity contribution in [2.24, 2.45) is 5.92 Å². The quantitative estimate of drug-likeness (QED) is 0.371. The topological polar surface area (TPSA) is 49.4 Å². The van der Waals surface area contributed by atoms with Crippen LogP contribution in [0.15, 0.2) is 59.5 Å². The Morgan fingerprint density at radius 1 is 1.03 bits per heavy atom. The van der Waals surface area contributed by atoms with E-state index in [1.165, 1.54) is 0 Å². The second-order valence-corrected chi connectivity index (χ2v) is 9.33. The molecule has 2 rings (SSSR count). The lowest BCUT2D eigenvalue weighted by Gasteiger charge is -2.29. The standard InChI is InChI=1S/C24H31ClN2O2S/c1-18(2)16-26-24(29)19(3)27(17-20-8-5-4-6-9-20)23(28)10-7-15-30-22-13-11-21(25)12-14-22/h4-6,8-9,11-14,18-19H,7,10,15-17H2,1-3H3,(H,26,29)/t19-/m1/s1. The Bertz CT molecular complexity index is 797. The Hall–Kier alpha value is -1.98. The number of thioether (sulfide) groups is 1. The van der Waals surface area contributed by atoms with Crippen LogP contribution in [-0.4, -0.2) is 35.1 Å². The summed E-state index contributed by atoms with van der Waals surface area (Å²) in [5, 5.41) is 3.67. The van der Waals surface area contributed by atoms with Gasteiger partial charge in [-0.3, -0.25) is 9.59 Å². The van der Waals surface area contributed by atoms with Crippen molar-refractivity contribution in [2.75, 3.05) is 12.3 Å². The lowest BCUT2D eigenvalue weighted by atomic mass is 10.1. The zero-order chi connectivity index (χ0) is 21.9. The van der Waals surface area contributed by atoms with E-state index in [1.807, 2.05) is 54.6 Å². The third-order valence-corrected chi connectivity index (χ3v) is 6.02. The molecular weight excluding hydrogens is 416 g/mol. The van der Waals surface area contributed by atoms with Gasteiger partial charge in [0.05, 0.1) is 0 Å². The summed E-state index contributed by atoms with van der Waals surface area (Å²) >= 11 is 7.62. The summed E-state index contributed by atoms with van der Waals surface area (Å²) in [6, 6.07) is 17.0. The average molecular weight is 447 g/mol. The molecule has 6 heteroatoms. The van der Waals surface area contributed by atoms with Crippen LogP contribution in [0.4, 0.5) is 0 Å². The van der Waals surface area contributed by atoms with Crippen LogP contribution in [0.1, 0.15) is 39.2 Å². The molecule has 4 nitrogen and oxygen atoms in total. The van der Waals surface area contributed by atoms with Crippen LogP contribution in [0.25, 0.3) is 0 Å². The third-order valence-electron chi connectivity index (χ3n) is 4.66. The molecular formula is C24H31ClN2O2S. The summed E-state index contributed by atoms with van der Waals surface area (Å²) in [5.41, 5.74) is 1.02. The Kier molecular flexibility index (Phi) is 10.2. The van der Waals surface area contributed by atoms with Crippen LogP contribution in [0.3, 0.4) is 0 Å². The largest absolute Gasteiger partial charge is 0.354 e. The fourth-order valence-electron chi connectivity index (χ4n) is 2.90. The van der Waals surface area contributed by atoms with E-state index < -0.39 is 6.04 Å². The van der Waals surface area contributed by atoms with E-state index in [-0.39, 0.29) is 11.8 Å². The van der Waals surface area contributed by atoms with Crippen molar-refractivity contribution < 1.29 is 9.59 Å². The van der Waals surface area contributed by atoms with Crippen LogP contribution in [-0.2, 0) is 16.1 Å². The summed E-state index contributed by atoms with van der Waals surface area (Å²) in [5.74, 6) is 1.09. The molecule has 0 saturated heterocycles. The molecule has 0 unspecified atom stereocenters. The molecule has 0 radical (unpaired) electrons. The Balaban J connectivity index is 1.94. The molecule has 2 amide bonds. The Morgan fingerprint density at radius 2 is 1.70 bits per heavy atom. The molecule has 30 heavy (non-hydrogen) atoms. The molecule has 0 aliphatic heterocycles. The second kappa shape index (κ2) is 12.7. The van der Waals surface area contributed by atoms with Crippen LogP contribution in [0, 0.1) is 5.92 Å². The van der Waals surface area contributed by atoms with Gasteiger partial charge in [0.1, 0.15) is 6.04 Å². The molecule has 0 aliphatic rings. The minimum Gasteiger partial charge on any atom is -0.354 e. The molecule has 0 aromatic heterocycles. The predicted molar refractivity (Wildman–Crippen MR) is 126 cm³/mol. The number of benzene rings is 2. The molecule has 2 aromatic carbocycles. The number of rotatable bonds is 11. The molecule has 0 spiro atoms. The second-order valence-electron chi connectivity index (χ2n) is 7.73. The smallest absolute Gasteiger partial charge is 0.242 e. The highest BCUT2D eigenvalue weighted by Gasteiger charge is 2.25. The van der Waals surface area contributed by atoms with Crippen molar-refractivity contribution in [3.05, 3.63) is 65.2 Å². The molecule has 2 aromatic rings. The zero-order valence-electron chi connectivity index (χ0n) is 17.9. The van der Waals surface area contributed by atoms with Gasteiger partial charge in [0.25, 0.3) is 0 Å². The maximum atomic E-state index is 13.0. The number of nitrogens with zero attached hydrogens (tertiary/aromatic N) is 1. The van der Waals surface area contributed by atoms with Crippen molar-refractivity contribution >= 4 is 35.2 Å². The maximum absolute atomic E-state index is 13.0. The van der Waals surface area contributed by atoms with Gasteiger partial charge in [0.2, 0.25) is 11.8 Å². The summed E-state index contributed by atoms with van der Waals surface area (Å²) in [4.78, 5) is 28.4. The molecule has 0 heterocycles. The van der Waals surface area contributed by atoms with Gasteiger partial charge in [-0.2, -0.15) is 0 Å². The summed E-state index contributed by atoms with van der Waals surface area (Å²) in [7, 11) is 0. The van der Waals surface area contributed by atoms with E-state index in [9.17, 15) is 9.59 Å². The van der Waals surface area contributed by atoms with Gasteiger partial charge in [0.15, 0.2) is 0 Å². The van der Waals surface area contributed by atoms with E-state index in [0.29, 0.717) is 25.4 Å². The van der Waals surface area contributed by atoms with Crippen LogP contribution in [0.5, 0.6) is 0 Å². The minimum absolute atomic E-state index is 0.00255. The molecule has 162 valence electrons. The number of halogens is 1. The number of carbonyl (C=O) groups is 2. The maximum Gasteiger partial charge on any atom is 0.242 e. The summed E-state index contributed by atoms with van der Waals surface area (Å²) in [6.07, 6.45) is 1.16. The van der Waals surface area contributed by atoms with Gasteiger partial charge in [-0.05, 0) is 54.8 Å². The monoisotopic (exact) mass is 446 g/mol. The van der Waals surface area contributed by atoms with E-state index >= 15 is 0 Å². The zero-order valence-corrected chi connectivity index (χ0v) is 19.5. The number of nitrogens with one attached hydrogen (secondary N) is 1. The van der Waals surface area contributed by atoms with E-state index in [2.05, 4.69) is 19.2 Å². The average Bonchev–Trinajstić information content (AvgIpc) is 2.74. The lowest BCUT2D eigenvalue weighted by molar-refractivity contribution is -0.140. The van der Waals surface area contributed by atoms with Gasteiger partial charge in [0, 0.05) is 29.4 Å². The molecule has 1 N–H and O–H groups in total. The fourth-order valence-corrected chi connectivity index (χ4v) is 3.88. The molecule has 0 fully saturated rings. The van der Waals surface area contributed by atoms with Gasteiger partial charge in [-0.25, -0.2) is 0 Å². The van der Waals surface area contributed by atoms with Crippen LogP contribution in [0.2, 0.25) is 5.02 Å². The summed E-state index contributed by atoms with van der Waals surface area (Å²) in [6.45, 7) is 6.94. The molecule has 0 saturated carbocycles. The first-order valence-electron chi connectivity index (χ1n) is 10.4. The SMILES string of the molecule is CC(C)CNC(=O)[C@@H](C)N(Cc1ccccc1)C(=O)CCCSc1ccc(Cl)cc1. The van der Waals surface area contributed by atoms with E-state index in [0.717, 1.165) is 27.7 Å². The van der Waals surface area contributed by atoms with E-state index in [1.54, 1.807) is 23.6 Å².